The van der Waals surface area contributed by atoms with E-state index < -0.39 is 0 Å². The molecule has 0 aliphatic carbocycles. The monoisotopic (exact) mass is 295 g/mol. The highest BCUT2D eigenvalue weighted by Crippen LogP contribution is 2.24. The number of rotatable bonds is 6. The number of nitrogens with one attached hydrogen (secondary N) is 1. The van der Waals surface area contributed by atoms with Crippen LogP contribution in [0.5, 0.6) is 11.6 Å². The first-order chi connectivity index (χ1) is 10.7. The molecule has 0 saturated carbocycles. The molecule has 0 spiro atoms. The minimum Gasteiger partial charge on any atom is -0.438 e. The third kappa shape index (κ3) is 3.62. The number of nitriles is 1. The number of ether oxygens (including phenoxy) is 1. The third-order valence-corrected chi connectivity index (χ3v) is 2.99. The van der Waals surface area contributed by atoms with Gasteiger partial charge in [-0.1, -0.05) is 11.5 Å². The van der Waals surface area contributed by atoms with Crippen LogP contribution < -0.4 is 15.5 Å². The summed E-state index contributed by atoms with van der Waals surface area (Å²) in [6.45, 7) is 0.316. The van der Waals surface area contributed by atoms with Crippen LogP contribution in [0, 0.1) is 11.3 Å². The maximum atomic E-state index is 11.0. The maximum absolute atomic E-state index is 11.0. The maximum Gasteiger partial charge on any atom is 0.239 e. The summed E-state index contributed by atoms with van der Waals surface area (Å²) in [7, 11) is 1.83. The van der Waals surface area contributed by atoms with Gasteiger partial charge < -0.3 is 15.2 Å². The van der Waals surface area contributed by atoms with Crippen LogP contribution in [0.25, 0.3) is 0 Å². The van der Waals surface area contributed by atoms with E-state index in [4.69, 9.17) is 15.1 Å². The van der Waals surface area contributed by atoms with Crippen LogP contribution in [0.2, 0.25) is 0 Å². The van der Waals surface area contributed by atoms with Crippen molar-refractivity contribution in [2.45, 2.75) is 0 Å². The number of carbonyl (C=O) groups is 1. The molecule has 1 aromatic carbocycles. The normalized spacial score (nSPS) is 9.82. The summed E-state index contributed by atoms with van der Waals surface area (Å²) in [5, 5.41) is 20.8. The Morgan fingerprint density at radius 2 is 2.23 bits per heavy atom. The van der Waals surface area contributed by atoms with Gasteiger partial charge in [-0.2, -0.15) is 10.2 Å². The number of aliphatic hydroxyl groups is 1. The third-order valence-electron chi connectivity index (χ3n) is 2.99. The van der Waals surface area contributed by atoms with E-state index in [1.807, 2.05) is 13.9 Å². The van der Waals surface area contributed by atoms with Crippen LogP contribution in [0.1, 0.15) is 15.9 Å². The number of pyridine rings is 1. The Kier molecular flexibility index (Phi) is 5.12. The van der Waals surface area contributed by atoms with Crippen molar-refractivity contribution >= 4 is 25.4 Å². The molecule has 1 aromatic heterocycles. The number of benzene rings is 1. The molecule has 2 aromatic rings. The summed E-state index contributed by atoms with van der Waals surface area (Å²) in [5.41, 5.74) is 1.64. The van der Waals surface area contributed by atoms with E-state index in [1.54, 1.807) is 30.3 Å². The molecule has 1 heterocycles. The number of hydrogen-bond donors (Lipinski definition) is 2. The number of aromatic nitrogens is 1. The highest BCUT2D eigenvalue weighted by molar-refractivity contribution is 6.35. The van der Waals surface area contributed by atoms with Crippen LogP contribution in [0.15, 0.2) is 30.3 Å². The van der Waals surface area contributed by atoms with Gasteiger partial charge >= 0.3 is 0 Å². The van der Waals surface area contributed by atoms with E-state index in [0.717, 1.165) is 11.7 Å². The average Bonchev–Trinajstić information content (AvgIpc) is 2.55. The van der Waals surface area contributed by atoms with E-state index in [-0.39, 0.29) is 18.1 Å². The van der Waals surface area contributed by atoms with Gasteiger partial charge in [-0.25, -0.2) is 0 Å². The number of aldehydes is 1. The Morgan fingerprint density at radius 1 is 1.41 bits per heavy atom. The molecule has 0 saturated heterocycles. The van der Waals surface area contributed by atoms with Gasteiger partial charge in [0, 0.05) is 12.1 Å². The van der Waals surface area contributed by atoms with Gasteiger partial charge in [0.05, 0.1) is 6.61 Å². The quantitative estimate of drug-likeness (QED) is 0.585. The van der Waals surface area contributed by atoms with E-state index in [9.17, 15) is 4.79 Å². The van der Waals surface area contributed by atoms with Crippen molar-refractivity contribution in [1.82, 2.24) is 4.98 Å². The molecule has 2 N–H and O–H groups in total. The molecule has 0 unspecified atom stereocenters. The van der Waals surface area contributed by atoms with Gasteiger partial charge in [0.25, 0.3) is 0 Å². The predicted molar refractivity (Wildman–Crippen MR) is 84.6 cm³/mol. The standard InChI is InChI=1S/C15H14BN3O3/c16-13-3-2-12(7-11(13)9-21)22-15-10(8-17)1-4-14(19-15)18-5-6-20/h1-4,7,9,20H,5-6,16H2,(H,18,19). The molecule has 2 rings (SSSR count). The van der Waals surface area contributed by atoms with Crippen molar-refractivity contribution in [2.24, 2.45) is 0 Å². The van der Waals surface area contributed by atoms with Crippen LogP contribution in [0.3, 0.4) is 0 Å². The van der Waals surface area contributed by atoms with Gasteiger partial charge in [-0.3, -0.25) is 4.79 Å². The Labute approximate surface area is 128 Å². The lowest BCUT2D eigenvalue weighted by molar-refractivity contribution is 0.112. The van der Waals surface area contributed by atoms with Crippen LogP contribution in [-0.4, -0.2) is 37.4 Å². The zero-order valence-electron chi connectivity index (χ0n) is 12.0. The first-order valence-corrected chi connectivity index (χ1v) is 6.67. The number of nitrogens with zero attached hydrogens (tertiary/aromatic N) is 2. The van der Waals surface area contributed by atoms with Crippen molar-refractivity contribution in [3.05, 3.63) is 41.5 Å². The number of carbonyl (C=O) groups excluding carboxylic acids is 1. The molecule has 7 heteroatoms. The fourth-order valence-corrected chi connectivity index (χ4v) is 1.81. The fraction of sp³-hybridized carbons (Fsp3) is 0.133. The highest BCUT2D eigenvalue weighted by atomic mass is 16.5. The molecular formula is C15H14BN3O3. The molecule has 6 nitrogen and oxygen atoms in total. The lowest BCUT2D eigenvalue weighted by Crippen LogP contribution is -2.09. The number of aliphatic hydroxyl groups excluding tert-OH is 1. The highest BCUT2D eigenvalue weighted by Gasteiger charge is 2.09. The second-order valence-corrected chi connectivity index (χ2v) is 4.55. The summed E-state index contributed by atoms with van der Waals surface area (Å²) in [4.78, 5) is 15.2. The predicted octanol–water partition coefficient (Wildman–Crippen LogP) is 0.221. The fourth-order valence-electron chi connectivity index (χ4n) is 1.81. The van der Waals surface area contributed by atoms with Gasteiger partial charge in [0.15, 0.2) is 0 Å². The molecule has 0 bridgehead atoms. The summed E-state index contributed by atoms with van der Waals surface area (Å²) >= 11 is 0. The zero-order valence-corrected chi connectivity index (χ0v) is 12.0. The second kappa shape index (κ2) is 7.25. The molecule has 0 fully saturated rings. The number of hydrogen-bond acceptors (Lipinski definition) is 6. The van der Waals surface area contributed by atoms with Crippen LogP contribution >= 0.6 is 0 Å². The number of anilines is 1. The Balaban J connectivity index is 2.31. The van der Waals surface area contributed by atoms with Crippen molar-refractivity contribution in [1.29, 1.82) is 5.26 Å². The SMILES string of the molecule is Bc1ccc(Oc2nc(NCCO)ccc2C#N)cc1C=O. The first kappa shape index (κ1) is 15.5. The molecule has 0 radical (unpaired) electrons. The average molecular weight is 295 g/mol. The van der Waals surface area contributed by atoms with Crippen molar-refractivity contribution in [2.75, 3.05) is 18.5 Å². The van der Waals surface area contributed by atoms with Crippen molar-refractivity contribution in [3.63, 3.8) is 0 Å². The van der Waals surface area contributed by atoms with Crippen LogP contribution in [0.4, 0.5) is 5.82 Å². The molecule has 110 valence electrons. The minimum atomic E-state index is -0.0292. The largest absolute Gasteiger partial charge is 0.438 e. The Bertz CT molecular complexity index is 728. The Hall–Kier alpha value is -2.85. The van der Waals surface area contributed by atoms with Gasteiger partial charge in [-0.15, -0.1) is 0 Å². The topological polar surface area (TPSA) is 95.2 Å². The molecule has 0 atom stereocenters. The smallest absolute Gasteiger partial charge is 0.239 e. The molecule has 0 amide bonds. The molecular weight excluding hydrogens is 281 g/mol. The van der Waals surface area contributed by atoms with E-state index in [2.05, 4.69) is 10.3 Å². The lowest BCUT2D eigenvalue weighted by atomic mass is 9.91. The first-order valence-electron chi connectivity index (χ1n) is 6.67. The minimum absolute atomic E-state index is 0.0292. The zero-order chi connectivity index (χ0) is 15.9. The summed E-state index contributed by atoms with van der Waals surface area (Å²) in [6, 6.07) is 10.3. The second-order valence-electron chi connectivity index (χ2n) is 4.55. The van der Waals surface area contributed by atoms with Gasteiger partial charge in [0.1, 0.15) is 37.3 Å². The molecule has 22 heavy (non-hydrogen) atoms. The molecule has 0 aliphatic heterocycles. The Morgan fingerprint density at radius 3 is 2.91 bits per heavy atom. The summed E-state index contributed by atoms with van der Waals surface area (Å²) < 4.78 is 5.62. The van der Waals surface area contributed by atoms with Crippen molar-refractivity contribution in [3.8, 4) is 17.7 Å². The van der Waals surface area contributed by atoms with E-state index in [0.29, 0.717) is 23.7 Å². The van der Waals surface area contributed by atoms with Crippen LogP contribution in [-0.2, 0) is 0 Å². The molecule has 0 aliphatic rings. The van der Waals surface area contributed by atoms with E-state index >= 15 is 0 Å². The summed E-state index contributed by atoms with van der Waals surface area (Å²) in [6.07, 6.45) is 0.750. The van der Waals surface area contributed by atoms with Gasteiger partial charge in [0.2, 0.25) is 5.88 Å². The summed E-state index contributed by atoms with van der Waals surface area (Å²) in [5.74, 6) is 1.06. The lowest BCUT2D eigenvalue weighted by Gasteiger charge is -2.10. The van der Waals surface area contributed by atoms with Gasteiger partial charge in [-0.05, 0) is 24.3 Å². The van der Waals surface area contributed by atoms with Crippen molar-refractivity contribution < 1.29 is 14.6 Å². The van der Waals surface area contributed by atoms with E-state index in [1.165, 1.54) is 0 Å².